The molecule has 0 radical (unpaired) electrons. The first kappa shape index (κ1) is 17.6. The fourth-order valence-electron chi connectivity index (χ4n) is 1.79. The van der Waals surface area contributed by atoms with E-state index in [0.717, 1.165) is 12.8 Å². The van der Waals surface area contributed by atoms with Crippen LogP contribution in [0.25, 0.3) is 0 Å². The van der Waals surface area contributed by atoms with Gasteiger partial charge in [0.1, 0.15) is 6.42 Å². The normalized spacial score (nSPS) is 9.11. The first-order chi connectivity index (χ1) is 9.27. The van der Waals surface area contributed by atoms with Crippen molar-refractivity contribution in [3.8, 4) is 23.7 Å². The van der Waals surface area contributed by atoms with Gasteiger partial charge in [0.05, 0.1) is 0 Å². The molecular weight excluding hydrogens is 236 g/mol. The minimum absolute atomic E-state index is 0.118. The second kappa shape index (κ2) is 14.7. The highest BCUT2D eigenvalue weighted by molar-refractivity contribution is 5.70. The first-order valence-electron chi connectivity index (χ1n) is 7.45. The molecule has 0 aliphatic carbocycles. The molecule has 1 N–H and O–H groups in total. The monoisotopic (exact) mass is 262 g/mol. The van der Waals surface area contributed by atoms with E-state index in [-0.39, 0.29) is 6.42 Å². The summed E-state index contributed by atoms with van der Waals surface area (Å²) in [7, 11) is 0. The Morgan fingerprint density at radius 2 is 1.37 bits per heavy atom. The molecule has 0 fully saturated rings. The highest BCUT2D eigenvalue weighted by Gasteiger charge is 1.91. The third kappa shape index (κ3) is 16.6. The lowest BCUT2D eigenvalue weighted by Gasteiger charge is -1.99. The van der Waals surface area contributed by atoms with Crippen LogP contribution in [0.5, 0.6) is 0 Å². The summed E-state index contributed by atoms with van der Waals surface area (Å²) in [6.45, 7) is 2.24. The summed E-state index contributed by atoms with van der Waals surface area (Å²) in [5.41, 5.74) is 0. The summed E-state index contributed by atoms with van der Waals surface area (Å²) in [6, 6.07) is 0. The highest BCUT2D eigenvalue weighted by atomic mass is 16.4. The van der Waals surface area contributed by atoms with Crippen LogP contribution in [0.4, 0.5) is 0 Å². The van der Waals surface area contributed by atoms with Crippen LogP contribution >= 0.6 is 0 Å². The van der Waals surface area contributed by atoms with E-state index in [4.69, 9.17) is 5.11 Å². The Morgan fingerprint density at radius 1 is 0.842 bits per heavy atom. The van der Waals surface area contributed by atoms with Gasteiger partial charge >= 0.3 is 5.97 Å². The number of rotatable bonds is 10. The van der Waals surface area contributed by atoms with Crippen molar-refractivity contribution in [1.29, 1.82) is 0 Å². The molecule has 0 saturated carbocycles. The van der Waals surface area contributed by atoms with Gasteiger partial charge in [0.15, 0.2) is 0 Å². The number of unbranched alkanes of at least 4 members (excludes halogenated alkanes) is 9. The van der Waals surface area contributed by atoms with Crippen molar-refractivity contribution in [1.82, 2.24) is 0 Å². The summed E-state index contributed by atoms with van der Waals surface area (Å²) in [4.78, 5) is 10.2. The lowest BCUT2D eigenvalue weighted by molar-refractivity contribution is -0.135. The average Bonchev–Trinajstić information content (AvgIpc) is 2.39. The van der Waals surface area contributed by atoms with Gasteiger partial charge in [0, 0.05) is 6.42 Å². The first-order valence-corrected chi connectivity index (χ1v) is 7.45. The van der Waals surface area contributed by atoms with Crippen LogP contribution in [0.1, 0.15) is 77.6 Å². The molecule has 106 valence electrons. The molecule has 0 saturated heterocycles. The maximum absolute atomic E-state index is 10.2. The molecule has 0 rings (SSSR count). The molecule has 0 spiro atoms. The van der Waals surface area contributed by atoms with E-state index in [0.29, 0.717) is 0 Å². The minimum Gasteiger partial charge on any atom is -0.481 e. The zero-order valence-electron chi connectivity index (χ0n) is 12.1. The van der Waals surface area contributed by atoms with Gasteiger partial charge in [-0.15, -0.1) is 0 Å². The van der Waals surface area contributed by atoms with Crippen molar-refractivity contribution in [2.24, 2.45) is 0 Å². The van der Waals surface area contributed by atoms with E-state index in [2.05, 4.69) is 30.6 Å². The molecule has 0 aliphatic rings. The Morgan fingerprint density at radius 3 is 1.95 bits per heavy atom. The van der Waals surface area contributed by atoms with Crippen molar-refractivity contribution in [3.05, 3.63) is 0 Å². The van der Waals surface area contributed by atoms with Gasteiger partial charge in [-0.05, 0) is 18.3 Å². The van der Waals surface area contributed by atoms with E-state index in [9.17, 15) is 4.79 Å². The Hall–Kier alpha value is -1.41. The number of carboxylic acids is 1. The van der Waals surface area contributed by atoms with Crippen LogP contribution in [0, 0.1) is 23.7 Å². The predicted octanol–water partition coefficient (Wildman–Crippen LogP) is 4.39. The number of hydrogen-bond donors (Lipinski definition) is 1. The van der Waals surface area contributed by atoms with E-state index in [1.807, 2.05) is 0 Å². The Balaban J connectivity index is 3.24. The summed E-state index contributed by atoms with van der Waals surface area (Å²) >= 11 is 0. The fraction of sp³-hybridized carbons (Fsp3) is 0.706. The van der Waals surface area contributed by atoms with Crippen molar-refractivity contribution in [2.45, 2.75) is 77.6 Å². The van der Waals surface area contributed by atoms with Gasteiger partial charge in [0.25, 0.3) is 0 Å². The number of aliphatic carboxylic acids is 1. The largest absolute Gasteiger partial charge is 0.481 e. The second-order valence-corrected chi connectivity index (χ2v) is 4.75. The molecule has 0 heterocycles. The van der Waals surface area contributed by atoms with Crippen LogP contribution in [0.15, 0.2) is 0 Å². The molecule has 2 heteroatoms. The van der Waals surface area contributed by atoms with Gasteiger partial charge in [-0.25, -0.2) is 0 Å². The molecule has 0 aliphatic heterocycles. The molecule has 0 aromatic rings. The highest BCUT2D eigenvalue weighted by Crippen LogP contribution is 2.09. The molecule has 0 aromatic carbocycles. The van der Waals surface area contributed by atoms with Crippen molar-refractivity contribution < 1.29 is 9.90 Å². The second-order valence-electron chi connectivity index (χ2n) is 4.75. The predicted molar refractivity (Wildman–Crippen MR) is 79.6 cm³/mol. The van der Waals surface area contributed by atoms with Crippen molar-refractivity contribution >= 4 is 5.97 Å². The zero-order valence-corrected chi connectivity index (χ0v) is 12.1. The van der Waals surface area contributed by atoms with E-state index >= 15 is 0 Å². The summed E-state index contributed by atoms with van der Waals surface area (Å²) in [6.07, 6.45) is 12.6. The zero-order chi connectivity index (χ0) is 14.2. The van der Waals surface area contributed by atoms with Gasteiger partial charge in [-0.2, -0.15) is 0 Å². The van der Waals surface area contributed by atoms with E-state index < -0.39 is 5.97 Å². The van der Waals surface area contributed by atoms with Gasteiger partial charge in [0.2, 0.25) is 0 Å². The third-order valence-electron chi connectivity index (χ3n) is 2.88. The van der Waals surface area contributed by atoms with Crippen LogP contribution < -0.4 is 0 Å². The van der Waals surface area contributed by atoms with Crippen LogP contribution in [0.3, 0.4) is 0 Å². The van der Waals surface area contributed by atoms with E-state index in [1.165, 1.54) is 51.4 Å². The molecule has 19 heavy (non-hydrogen) atoms. The van der Waals surface area contributed by atoms with E-state index in [1.54, 1.807) is 0 Å². The smallest absolute Gasteiger partial charge is 0.315 e. The number of carbonyl (C=O) groups is 1. The molecule has 0 bridgehead atoms. The maximum Gasteiger partial charge on any atom is 0.315 e. The quantitative estimate of drug-likeness (QED) is 0.468. The lowest BCUT2D eigenvalue weighted by Crippen LogP contribution is -1.89. The number of carboxylic acid groups (broad SMARTS) is 1. The lowest BCUT2D eigenvalue weighted by atomic mass is 10.1. The molecule has 0 amide bonds. The summed E-state index contributed by atoms with van der Waals surface area (Å²) in [5.74, 6) is 9.81. The van der Waals surface area contributed by atoms with Gasteiger partial charge < -0.3 is 5.11 Å². The maximum atomic E-state index is 10.2. The van der Waals surface area contributed by atoms with Crippen molar-refractivity contribution in [3.63, 3.8) is 0 Å². The standard InChI is InChI=1S/C17H26O2/c1-2-3-4-5-6-7-8-9-10-11-12-13-14-15-16-17(18)19/h2-11,16H2,1H3,(H,18,19). The Kier molecular flexibility index (Phi) is 13.6. The number of hydrogen-bond acceptors (Lipinski definition) is 1. The van der Waals surface area contributed by atoms with Crippen LogP contribution in [-0.4, -0.2) is 11.1 Å². The SMILES string of the molecule is CCCCCCCCCCCC#CC#CCC(=O)O. The van der Waals surface area contributed by atoms with Crippen LogP contribution in [-0.2, 0) is 4.79 Å². The Bertz CT molecular complexity index is 336. The molecule has 0 aromatic heterocycles. The minimum atomic E-state index is -0.895. The Labute approximate surface area is 118 Å². The topological polar surface area (TPSA) is 37.3 Å². The fourth-order valence-corrected chi connectivity index (χ4v) is 1.79. The van der Waals surface area contributed by atoms with Gasteiger partial charge in [-0.1, -0.05) is 70.1 Å². The van der Waals surface area contributed by atoms with Crippen LogP contribution in [0.2, 0.25) is 0 Å². The molecule has 2 nitrogen and oxygen atoms in total. The van der Waals surface area contributed by atoms with Gasteiger partial charge in [-0.3, -0.25) is 4.79 Å². The molecule has 0 atom stereocenters. The molecule has 0 unspecified atom stereocenters. The average molecular weight is 262 g/mol. The third-order valence-corrected chi connectivity index (χ3v) is 2.88. The summed E-state index contributed by atoms with van der Waals surface area (Å²) in [5, 5.41) is 8.35. The molecular formula is C17H26O2. The van der Waals surface area contributed by atoms with Crippen molar-refractivity contribution in [2.75, 3.05) is 0 Å². The summed E-state index contributed by atoms with van der Waals surface area (Å²) < 4.78 is 0.